The van der Waals surface area contributed by atoms with Gasteiger partial charge in [-0.25, -0.2) is 9.98 Å². The van der Waals surface area contributed by atoms with Gasteiger partial charge >= 0.3 is 0 Å². The molecule has 3 aromatic rings. The largest absolute Gasteiger partial charge is 0.497 e. The minimum atomic E-state index is -0.148. The maximum absolute atomic E-state index is 5.32. The first-order chi connectivity index (χ1) is 15.8. The molecule has 0 fully saturated rings. The molecular weight excluding hydrogens is 398 g/mol. The summed E-state index contributed by atoms with van der Waals surface area (Å²) in [5, 5.41) is 4.44. The van der Waals surface area contributed by atoms with E-state index in [1.54, 1.807) is 19.7 Å². The van der Waals surface area contributed by atoms with E-state index in [4.69, 9.17) is 9.73 Å². The van der Waals surface area contributed by atoms with E-state index in [2.05, 4.69) is 38.8 Å². The summed E-state index contributed by atoms with van der Waals surface area (Å²) in [6.45, 7) is 0. The summed E-state index contributed by atoms with van der Waals surface area (Å²) in [5.41, 5.74) is 7.51. The van der Waals surface area contributed by atoms with Crippen LogP contribution in [0.3, 0.4) is 0 Å². The van der Waals surface area contributed by atoms with Crippen LogP contribution in [0.1, 0.15) is 11.1 Å². The number of nitrogens with one attached hydrogen (secondary N) is 1. The molecular formula is C26H23N5O. The highest BCUT2D eigenvalue weighted by Crippen LogP contribution is 2.40. The van der Waals surface area contributed by atoms with Gasteiger partial charge in [0.25, 0.3) is 0 Å². The number of methoxy groups -OCH3 is 1. The number of hydrogen-bond acceptors (Lipinski definition) is 6. The molecule has 0 aliphatic carbocycles. The summed E-state index contributed by atoms with van der Waals surface area (Å²) in [6.07, 6.45) is 5.42. The molecule has 5 rings (SSSR count). The fourth-order valence-electron chi connectivity index (χ4n) is 4.00. The molecule has 0 spiro atoms. The Kier molecular flexibility index (Phi) is 5.49. The van der Waals surface area contributed by atoms with Crippen LogP contribution < -0.4 is 15.1 Å². The molecule has 6 heteroatoms. The molecule has 0 saturated carbocycles. The lowest BCUT2D eigenvalue weighted by Crippen LogP contribution is -2.41. The average molecular weight is 422 g/mol. The van der Waals surface area contributed by atoms with Crippen molar-refractivity contribution in [3.63, 3.8) is 0 Å². The molecule has 2 unspecified atom stereocenters. The highest BCUT2D eigenvalue weighted by Gasteiger charge is 2.41. The van der Waals surface area contributed by atoms with E-state index < -0.39 is 0 Å². The lowest BCUT2D eigenvalue weighted by molar-refractivity contribution is 0.415. The minimum Gasteiger partial charge on any atom is -0.497 e. The molecule has 2 atom stereocenters. The van der Waals surface area contributed by atoms with Gasteiger partial charge < -0.3 is 9.64 Å². The third kappa shape index (κ3) is 3.90. The molecule has 32 heavy (non-hydrogen) atoms. The summed E-state index contributed by atoms with van der Waals surface area (Å²) in [4.78, 5) is 11.5. The second kappa shape index (κ2) is 8.89. The number of hydrazone groups is 1. The van der Waals surface area contributed by atoms with E-state index in [9.17, 15) is 0 Å². The van der Waals surface area contributed by atoms with Gasteiger partial charge in [-0.2, -0.15) is 5.10 Å². The predicted molar refractivity (Wildman–Crippen MR) is 130 cm³/mol. The number of amidine groups is 1. The highest BCUT2D eigenvalue weighted by molar-refractivity contribution is 6.03. The minimum absolute atomic E-state index is 0.0718. The summed E-state index contributed by atoms with van der Waals surface area (Å²) < 4.78 is 5.32. The molecule has 3 aromatic carbocycles. The first kappa shape index (κ1) is 19.8. The van der Waals surface area contributed by atoms with Crippen molar-refractivity contribution in [2.45, 2.75) is 6.17 Å². The van der Waals surface area contributed by atoms with Crippen LogP contribution >= 0.6 is 0 Å². The summed E-state index contributed by atoms with van der Waals surface area (Å²) in [5.74, 6) is 1.52. The van der Waals surface area contributed by atoms with Crippen LogP contribution in [0, 0.1) is 5.92 Å². The lowest BCUT2D eigenvalue weighted by atomic mass is 9.92. The third-order valence-electron chi connectivity index (χ3n) is 5.58. The number of rotatable bonds is 5. The standard InChI is InChI=1S/C26H23N5O/c1-32-22-14-12-21(13-15-22)31-17-23(20-10-6-3-7-11-20)24-25(27-18-28-26(24)31)30-29-16-19-8-4-2-5-9-19/h2-18,24,26H,1H3,(H,27,28,30)/b29-16+. The lowest BCUT2D eigenvalue weighted by Gasteiger charge is -2.29. The van der Waals surface area contributed by atoms with Gasteiger partial charge in [-0.1, -0.05) is 60.7 Å². The van der Waals surface area contributed by atoms with Crippen molar-refractivity contribution >= 4 is 29.6 Å². The Bertz CT molecular complexity index is 1180. The molecule has 2 heterocycles. The zero-order valence-electron chi connectivity index (χ0n) is 17.7. The van der Waals surface area contributed by atoms with E-state index in [-0.39, 0.29) is 12.1 Å². The van der Waals surface area contributed by atoms with E-state index in [0.717, 1.165) is 34.0 Å². The second-order valence-electron chi connectivity index (χ2n) is 7.51. The van der Waals surface area contributed by atoms with E-state index in [0.29, 0.717) is 0 Å². The Balaban J connectivity index is 1.47. The van der Waals surface area contributed by atoms with Gasteiger partial charge in [0, 0.05) is 11.9 Å². The highest BCUT2D eigenvalue weighted by atomic mass is 16.5. The van der Waals surface area contributed by atoms with Gasteiger partial charge in [0.15, 0.2) is 0 Å². The van der Waals surface area contributed by atoms with Crippen molar-refractivity contribution in [2.24, 2.45) is 21.0 Å². The van der Waals surface area contributed by atoms with Crippen LogP contribution in [0.5, 0.6) is 5.75 Å². The molecule has 0 saturated heterocycles. The Morgan fingerprint density at radius 2 is 1.66 bits per heavy atom. The fourth-order valence-corrected chi connectivity index (χ4v) is 4.00. The quantitative estimate of drug-likeness (QED) is 0.485. The Morgan fingerprint density at radius 3 is 2.38 bits per heavy atom. The first-order valence-corrected chi connectivity index (χ1v) is 10.5. The van der Waals surface area contributed by atoms with Crippen molar-refractivity contribution in [3.05, 3.63) is 102 Å². The van der Waals surface area contributed by atoms with Crippen molar-refractivity contribution in [3.8, 4) is 5.75 Å². The Morgan fingerprint density at radius 1 is 0.938 bits per heavy atom. The smallest absolute Gasteiger partial charge is 0.140 e. The maximum atomic E-state index is 5.32. The molecule has 6 nitrogen and oxygen atoms in total. The fraction of sp³-hybridized carbons (Fsp3) is 0.115. The molecule has 0 aromatic heterocycles. The van der Waals surface area contributed by atoms with E-state index in [1.807, 2.05) is 72.8 Å². The first-order valence-electron chi connectivity index (χ1n) is 10.5. The van der Waals surface area contributed by atoms with Gasteiger partial charge in [-0.3, -0.25) is 5.43 Å². The number of benzene rings is 3. The van der Waals surface area contributed by atoms with Crippen molar-refractivity contribution in [1.29, 1.82) is 0 Å². The van der Waals surface area contributed by atoms with Crippen LogP contribution in [0.4, 0.5) is 5.69 Å². The van der Waals surface area contributed by atoms with E-state index in [1.165, 1.54) is 0 Å². The van der Waals surface area contributed by atoms with Gasteiger partial charge in [0.05, 0.1) is 19.2 Å². The third-order valence-corrected chi connectivity index (χ3v) is 5.58. The predicted octanol–water partition coefficient (Wildman–Crippen LogP) is 4.56. The topological polar surface area (TPSA) is 61.6 Å². The monoisotopic (exact) mass is 421 g/mol. The number of ether oxygens (including phenoxy) is 1. The number of anilines is 1. The van der Waals surface area contributed by atoms with Crippen molar-refractivity contribution in [1.82, 2.24) is 5.43 Å². The Hall–Kier alpha value is -4.19. The average Bonchev–Trinajstić information content (AvgIpc) is 3.26. The molecule has 0 radical (unpaired) electrons. The van der Waals surface area contributed by atoms with Gasteiger partial charge in [0.2, 0.25) is 0 Å². The number of fused-ring (bicyclic) bond motifs is 1. The van der Waals surface area contributed by atoms with Gasteiger partial charge in [-0.05, 0) is 41.0 Å². The maximum Gasteiger partial charge on any atom is 0.140 e. The number of nitrogens with zero attached hydrogens (tertiary/aromatic N) is 4. The summed E-state index contributed by atoms with van der Waals surface area (Å²) >= 11 is 0. The molecule has 0 amide bonds. The van der Waals surface area contributed by atoms with Crippen LogP contribution in [-0.4, -0.2) is 31.7 Å². The Labute approximate surface area is 187 Å². The van der Waals surface area contributed by atoms with E-state index >= 15 is 0 Å². The molecule has 2 aliphatic rings. The van der Waals surface area contributed by atoms with Crippen LogP contribution in [-0.2, 0) is 0 Å². The van der Waals surface area contributed by atoms with Crippen LogP contribution in [0.15, 0.2) is 106 Å². The molecule has 158 valence electrons. The zero-order chi connectivity index (χ0) is 21.8. The van der Waals surface area contributed by atoms with Crippen LogP contribution in [0.25, 0.3) is 5.57 Å². The normalized spacial score (nSPS) is 19.5. The van der Waals surface area contributed by atoms with Gasteiger partial charge in [-0.15, -0.1) is 0 Å². The van der Waals surface area contributed by atoms with Gasteiger partial charge in [0.1, 0.15) is 24.1 Å². The summed E-state index contributed by atoms with van der Waals surface area (Å²) in [6, 6.07) is 28.3. The molecule has 1 N–H and O–H groups in total. The number of hydrogen-bond donors (Lipinski definition) is 1. The zero-order valence-corrected chi connectivity index (χ0v) is 17.7. The second-order valence-corrected chi connectivity index (χ2v) is 7.51. The van der Waals surface area contributed by atoms with Crippen molar-refractivity contribution < 1.29 is 4.74 Å². The molecule has 2 aliphatic heterocycles. The molecule has 0 bridgehead atoms. The van der Waals surface area contributed by atoms with Crippen molar-refractivity contribution in [2.75, 3.05) is 12.0 Å². The SMILES string of the molecule is COc1ccc(N2C=C(c3ccccc3)C3C(N/N=C/c4ccccc4)=NC=NC32)cc1. The van der Waals surface area contributed by atoms with Crippen LogP contribution in [0.2, 0.25) is 0 Å². The number of aliphatic imine (C=N–C) groups is 2. The summed E-state index contributed by atoms with van der Waals surface area (Å²) in [7, 11) is 1.67.